The third-order valence-corrected chi connectivity index (χ3v) is 3.58. The summed E-state index contributed by atoms with van der Waals surface area (Å²) in [6.07, 6.45) is 0. The number of H-pyrrole nitrogens is 1. The van der Waals surface area contributed by atoms with Gasteiger partial charge >= 0.3 is 0 Å². The second-order valence-corrected chi connectivity index (χ2v) is 4.63. The first-order chi connectivity index (χ1) is 10.2. The molecular formula is C16H17NO4. The van der Waals surface area contributed by atoms with Crippen LogP contribution in [0.25, 0.3) is 21.8 Å². The van der Waals surface area contributed by atoms with Crippen LogP contribution in [0.15, 0.2) is 24.3 Å². The fraction of sp³-hybridized carbons (Fsp3) is 0.250. The molecule has 0 fully saturated rings. The third kappa shape index (κ3) is 2.01. The number of methoxy groups -OCH3 is 4. The number of hydrogen-bond donors (Lipinski definition) is 1. The summed E-state index contributed by atoms with van der Waals surface area (Å²) in [4.78, 5) is 3.36. The van der Waals surface area contributed by atoms with E-state index in [1.165, 1.54) is 0 Å². The lowest BCUT2D eigenvalue weighted by molar-refractivity contribution is 0.396. The lowest BCUT2D eigenvalue weighted by Gasteiger charge is -2.08. The van der Waals surface area contributed by atoms with E-state index in [1.807, 2.05) is 24.3 Å². The van der Waals surface area contributed by atoms with Crippen LogP contribution >= 0.6 is 0 Å². The number of ether oxygens (including phenoxy) is 4. The number of rotatable bonds is 4. The highest BCUT2D eigenvalue weighted by Crippen LogP contribution is 2.42. The Bertz CT molecular complexity index is 741. The van der Waals surface area contributed by atoms with E-state index in [4.69, 9.17) is 18.9 Å². The minimum atomic E-state index is 0.733. The molecule has 1 heterocycles. The van der Waals surface area contributed by atoms with Crippen molar-refractivity contribution in [1.29, 1.82) is 0 Å². The summed E-state index contributed by atoms with van der Waals surface area (Å²) in [6, 6.07) is 7.59. The Kier molecular flexibility index (Phi) is 3.25. The van der Waals surface area contributed by atoms with E-state index in [0.29, 0.717) is 0 Å². The van der Waals surface area contributed by atoms with E-state index in [1.54, 1.807) is 28.4 Å². The summed E-state index contributed by atoms with van der Waals surface area (Å²) in [6.45, 7) is 0. The Morgan fingerprint density at radius 1 is 0.619 bits per heavy atom. The molecule has 0 spiro atoms. The van der Waals surface area contributed by atoms with Gasteiger partial charge in [0.05, 0.1) is 50.2 Å². The van der Waals surface area contributed by atoms with Crippen LogP contribution in [0.4, 0.5) is 0 Å². The van der Waals surface area contributed by atoms with Gasteiger partial charge < -0.3 is 23.9 Å². The molecule has 5 heteroatoms. The molecule has 1 aromatic heterocycles. The topological polar surface area (TPSA) is 52.7 Å². The number of aromatic amines is 1. The van der Waals surface area contributed by atoms with E-state index in [9.17, 15) is 0 Å². The predicted octanol–water partition coefficient (Wildman–Crippen LogP) is 3.36. The van der Waals surface area contributed by atoms with Crippen molar-refractivity contribution in [2.75, 3.05) is 28.4 Å². The highest BCUT2D eigenvalue weighted by molar-refractivity contribution is 6.14. The van der Waals surface area contributed by atoms with Gasteiger partial charge in [0.1, 0.15) is 23.0 Å². The van der Waals surface area contributed by atoms with Gasteiger partial charge in [-0.2, -0.15) is 0 Å². The molecular weight excluding hydrogens is 270 g/mol. The van der Waals surface area contributed by atoms with Crippen LogP contribution in [0.2, 0.25) is 0 Å². The molecule has 2 aromatic carbocycles. The molecule has 3 rings (SSSR count). The van der Waals surface area contributed by atoms with Gasteiger partial charge in [-0.1, -0.05) is 0 Å². The van der Waals surface area contributed by atoms with Crippen molar-refractivity contribution in [1.82, 2.24) is 4.98 Å². The minimum Gasteiger partial charge on any atom is -0.497 e. The molecule has 0 amide bonds. The Morgan fingerprint density at radius 2 is 1.05 bits per heavy atom. The standard InChI is InChI=1S/C16H17NO4/c1-18-9-5-11-15(13(7-9)20-3)16-12(17-11)6-10(19-2)8-14(16)21-4/h5-8,17H,1-4H3. The van der Waals surface area contributed by atoms with Gasteiger partial charge in [-0.25, -0.2) is 0 Å². The molecule has 0 aliphatic carbocycles. The molecule has 0 atom stereocenters. The molecule has 0 aliphatic rings. The van der Waals surface area contributed by atoms with Crippen LogP contribution < -0.4 is 18.9 Å². The first kappa shape index (κ1) is 13.4. The minimum absolute atomic E-state index is 0.733. The third-order valence-electron chi connectivity index (χ3n) is 3.58. The molecule has 0 saturated heterocycles. The molecule has 110 valence electrons. The summed E-state index contributed by atoms with van der Waals surface area (Å²) < 4.78 is 21.6. The van der Waals surface area contributed by atoms with Crippen molar-refractivity contribution in [3.63, 3.8) is 0 Å². The lowest BCUT2D eigenvalue weighted by Crippen LogP contribution is -1.89. The molecule has 0 saturated carbocycles. The normalized spacial score (nSPS) is 10.9. The second-order valence-electron chi connectivity index (χ2n) is 4.63. The van der Waals surface area contributed by atoms with Gasteiger partial charge in [0.25, 0.3) is 0 Å². The molecule has 5 nitrogen and oxygen atoms in total. The van der Waals surface area contributed by atoms with Gasteiger partial charge in [-0.3, -0.25) is 0 Å². The monoisotopic (exact) mass is 287 g/mol. The summed E-state index contributed by atoms with van der Waals surface area (Å²) in [7, 11) is 6.55. The van der Waals surface area contributed by atoms with Gasteiger partial charge in [0.2, 0.25) is 0 Å². The largest absolute Gasteiger partial charge is 0.497 e. The number of nitrogens with one attached hydrogen (secondary N) is 1. The van der Waals surface area contributed by atoms with Crippen LogP contribution in [0.1, 0.15) is 0 Å². The first-order valence-electron chi connectivity index (χ1n) is 6.51. The second kappa shape index (κ2) is 5.09. The average Bonchev–Trinajstić information content (AvgIpc) is 2.90. The molecule has 1 N–H and O–H groups in total. The van der Waals surface area contributed by atoms with E-state index >= 15 is 0 Å². The molecule has 3 aromatic rings. The molecule has 0 radical (unpaired) electrons. The Labute approximate surface area is 122 Å². The Morgan fingerprint density at radius 3 is 1.38 bits per heavy atom. The zero-order valence-corrected chi connectivity index (χ0v) is 12.4. The van der Waals surface area contributed by atoms with Crippen LogP contribution in [0.3, 0.4) is 0 Å². The SMILES string of the molecule is COc1cc(OC)c2c(c1)[nH]c1cc(OC)cc(OC)c12. The number of fused-ring (bicyclic) bond motifs is 3. The molecule has 0 bridgehead atoms. The highest BCUT2D eigenvalue weighted by atomic mass is 16.5. The van der Waals surface area contributed by atoms with Crippen LogP contribution in [-0.4, -0.2) is 33.4 Å². The van der Waals surface area contributed by atoms with Gasteiger partial charge in [0, 0.05) is 24.3 Å². The van der Waals surface area contributed by atoms with Crippen molar-refractivity contribution >= 4 is 21.8 Å². The zero-order valence-electron chi connectivity index (χ0n) is 12.4. The highest BCUT2D eigenvalue weighted by Gasteiger charge is 2.16. The quantitative estimate of drug-likeness (QED) is 0.799. The van der Waals surface area contributed by atoms with Crippen molar-refractivity contribution in [2.45, 2.75) is 0 Å². The average molecular weight is 287 g/mol. The number of aromatic nitrogens is 1. The maximum Gasteiger partial charge on any atom is 0.132 e. The maximum atomic E-state index is 5.51. The lowest BCUT2D eigenvalue weighted by atomic mass is 10.1. The van der Waals surface area contributed by atoms with Crippen LogP contribution in [0, 0.1) is 0 Å². The smallest absolute Gasteiger partial charge is 0.132 e. The summed E-state index contributed by atoms with van der Waals surface area (Å²) in [5, 5.41) is 1.93. The summed E-state index contributed by atoms with van der Waals surface area (Å²) in [5.74, 6) is 2.94. The zero-order chi connectivity index (χ0) is 15.0. The first-order valence-corrected chi connectivity index (χ1v) is 6.51. The van der Waals surface area contributed by atoms with Gasteiger partial charge in [0.15, 0.2) is 0 Å². The van der Waals surface area contributed by atoms with E-state index in [-0.39, 0.29) is 0 Å². The van der Waals surface area contributed by atoms with Crippen molar-refractivity contribution < 1.29 is 18.9 Å². The van der Waals surface area contributed by atoms with Crippen molar-refractivity contribution in [3.8, 4) is 23.0 Å². The van der Waals surface area contributed by atoms with Crippen molar-refractivity contribution in [2.24, 2.45) is 0 Å². The van der Waals surface area contributed by atoms with E-state index < -0.39 is 0 Å². The fourth-order valence-electron chi connectivity index (χ4n) is 2.60. The fourth-order valence-corrected chi connectivity index (χ4v) is 2.60. The van der Waals surface area contributed by atoms with Gasteiger partial charge in [-0.15, -0.1) is 0 Å². The van der Waals surface area contributed by atoms with Gasteiger partial charge in [-0.05, 0) is 0 Å². The number of benzene rings is 2. The number of hydrogen-bond acceptors (Lipinski definition) is 4. The van der Waals surface area contributed by atoms with E-state index in [2.05, 4.69) is 4.98 Å². The maximum absolute atomic E-state index is 5.51. The molecule has 21 heavy (non-hydrogen) atoms. The van der Waals surface area contributed by atoms with Crippen LogP contribution in [0.5, 0.6) is 23.0 Å². The van der Waals surface area contributed by atoms with Crippen LogP contribution in [-0.2, 0) is 0 Å². The Balaban J connectivity index is 2.45. The van der Waals surface area contributed by atoms with E-state index in [0.717, 1.165) is 44.8 Å². The summed E-state index contributed by atoms with van der Waals surface area (Å²) in [5.41, 5.74) is 1.85. The molecule has 0 aliphatic heterocycles. The van der Waals surface area contributed by atoms with Crippen molar-refractivity contribution in [3.05, 3.63) is 24.3 Å². The molecule has 0 unspecified atom stereocenters. The summed E-state index contributed by atoms with van der Waals surface area (Å²) >= 11 is 0. The Hall–Kier alpha value is -2.56. The predicted molar refractivity (Wildman–Crippen MR) is 82.0 cm³/mol.